The van der Waals surface area contributed by atoms with Gasteiger partial charge in [0.1, 0.15) is 22.2 Å². The van der Waals surface area contributed by atoms with Crippen LogP contribution in [0.1, 0.15) is 43.6 Å². The van der Waals surface area contributed by atoms with Crippen molar-refractivity contribution in [1.82, 2.24) is 29.0 Å². The van der Waals surface area contributed by atoms with E-state index in [2.05, 4.69) is 11.4 Å². The van der Waals surface area contributed by atoms with Gasteiger partial charge in [-0.25, -0.2) is 13.5 Å². The zero-order chi connectivity index (χ0) is 29.1. The maximum absolute atomic E-state index is 13.4. The van der Waals surface area contributed by atoms with E-state index in [4.69, 9.17) is 10.1 Å². The van der Waals surface area contributed by atoms with E-state index in [0.29, 0.717) is 36.0 Å². The number of carbonyl (C=O) groups excluding carboxylic acids is 2. The van der Waals surface area contributed by atoms with Crippen LogP contribution in [0.15, 0.2) is 53.7 Å². The number of anilines is 1. The summed E-state index contributed by atoms with van der Waals surface area (Å²) in [5.41, 5.74) is 1.67. The first kappa shape index (κ1) is 29.2. The Hall–Kier alpha value is -3.83. The predicted molar refractivity (Wildman–Crippen MR) is 158 cm³/mol. The maximum Gasteiger partial charge on any atom is 0.257 e. The van der Waals surface area contributed by atoms with Gasteiger partial charge in [-0.1, -0.05) is 56.3 Å². The molecule has 1 unspecified atom stereocenters. The normalized spacial score (nSPS) is 12.4. The van der Waals surface area contributed by atoms with Crippen LogP contribution in [0, 0.1) is 5.92 Å². The van der Waals surface area contributed by atoms with Crippen molar-refractivity contribution in [2.75, 3.05) is 25.5 Å². The van der Waals surface area contributed by atoms with E-state index in [0.717, 1.165) is 16.3 Å². The molecule has 10 nitrogen and oxygen atoms in total. The van der Waals surface area contributed by atoms with Crippen molar-refractivity contribution in [3.05, 3.63) is 59.8 Å². The van der Waals surface area contributed by atoms with E-state index in [1.165, 1.54) is 4.90 Å². The minimum Gasteiger partial charge on any atom is -0.355 e. The predicted octanol–water partition coefficient (Wildman–Crippen LogP) is 3.83. The second kappa shape index (κ2) is 12.1. The monoisotopic (exact) mass is 563 g/mol. The van der Waals surface area contributed by atoms with Crippen LogP contribution in [-0.2, 0) is 29.4 Å². The number of fused-ring (bicyclic) bond motifs is 1. The van der Waals surface area contributed by atoms with E-state index >= 15 is 0 Å². The lowest BCUT2D eigenvalue weighted by molar-refractivity contribution is -0.107. The molecule has 2 amide bonds. The average Bonchev–Trinajstić information content (AvgIpc) is 3.50. The van der Waals surface area contributed by atoms with Crippen LogP contribution in [-0.4, -0.2) is 66.8 Å². The fourth-order valence-electron chi connectivity index (χ4n) is 4.57. The van der Waals surface area contributed by atoms with Crippen LogP contribution in [0.25, 0.3) is 22.3 Å². The molecule has 0 aliphatic carbocycles. The zero-order valence-electron chi connectivity index (χ0n) is 24.1. The highest BCUT2D eigenvalue weighted by molar-refractivity contribution is 7.82. The SMILES string of the molecule is CNC(=O)c1c(N(C=O)CC(C)C)nn(Cc2cccc3ccccc23)c1-c1nc(S(=O)N(C)C(C)C)cn1C. The summed E-state index contributed by atoms with van der Waals surface area (Å²) < 4.78 is 18.5. The molecule has 2 heterocycles. The van der Waals surface area contributed by atoms with Crippen molar-refractivity contribution in [2.45, 2.75) is 45.3 Å². The highest BCUT2D eigenvalue weighted by atomic mass is 32.2. The molecule has 4 aromatic rings. The van der Waals surface area contributed by atoms with Gasteiger partial charge < -0.3 is 9.88 Å². The van der Waals surface area contributed by atoms with Crippen LogP contribution in [0.4, 0.5) is 5.82 Å². The maximum atomic E-state index is 13.4. The Morgan fingerprint density at radius 3 is 2.48 bits per heavy atom. The topological polar surface area (TPSA) is 105 Å². The fourth-order valence-corrected chi connectivity index (χ4v) is 5.66. The second-order valence-electron chi connectivity index (χ2n) is 10.5. The molecule has 0 bridgehead atoms. The molecule has 40 heavy (non-hydrogen) atoms. The number of benzene rings is 2. The van der Waals surface area contributed by atoms with Gasteiger partial charge in [-0.2, -0.15) is 5.10 Å². The van der Waals surface area contributed by atoms with E-state index in [9.17, 15) is 13.8 Å². The number of hydrogen-bond acceptors (Lipinski definition) is 5. The van der Waals surface area contributed by atoms with Crippen molar-refractivity contribution < 1.29 is 13.8 Å². The summed E-state index contributed by atoms with van der Waals surface area (Å²) in [5.74, 6) is 0.426. The largest absolute Gasteiger partial charge is 0.355 e. The lowest BCUT2D eigenvalue weighted by atomic mass is 10.0. The molecule has 0 aliphatic heterocycles. The Labute approximate surface area is 237 Å². The molecule has 2 aromatic heterocycles. The van der Waals surface area contributed by atoms with Crippen LogP contribution in [0.5, 0.6) is 0 Å². The third-order valence-electron chi connectivity index (χ3n) is 6.78. The van der Waals surface area contributed by atoms with Crippen molar-refractivity contribution in [2.24, 2.45) is 13.0 Å². The van der Waals surface area contributed by atoms with E-state index in [1.807, 2.05) is 64.1 Å². The zero-order valence-corrected chi connectivity index (χ0v) is 24.9. The molecule has 2 aromatic carbocycles. The Kier molecular flexibility index (Phi) is 8.85. The van der Waals surface area contributed by atoms with Crippen molar-refractivity contribution >= 4 is 39.9 Å². The summed E-state index contributed by atoms with van der Waals surface area (Å²) in [6, 6.07) is 14.2. The quantitative estimate of drug-likeness (QED) is 0.279. The molecule has 1 N–H and O–H groups in total. The van der Waals surface area contributed by atoms with Gasteiger partial charge in [-0.05, 0) is 36.1 Å². The van der Waals surface area contributed by atoms with Crippen LogP contribution < -0.4 is 10.2 Å². The first-order valence-electron chi connectivity index (χ1n) is 13.3. The molecule has 11 heteroatoms. The molecule has 0 fully saturated rings. The highest BCUT2D eigenvalue weighted by Crippen LogP contribution is 2.33. The molecule has 0 radical (unpaired) electrons. The van der Waals surface area contributed by atoms with Crippen molar-refractivity contribution in [3.63, 3.8) is 0 Å². The van der Waals surface area contributed by atoms with Gasteiger partial charge >= 0.3 is 0 Å². The van der Waals surface area contributed by atoms with Crippen molar-refractivity contribution in [1.29, 1.82) is 0 Å². The summed E-state index contributed by atoms with van der Waals surface area (Å²) in [5, 5.41) is 10.1. The first-order valence-corrected chi connectivity index (χ1v) is 14.4. The van der Waals surface area contributed by atoms with Gasteiger partial charge in [-0.3, -0.25) is 19.2 Å². The van der Waals surface area contributed by atoms with Gasteiger partial charge in [0.2, 0.25) is 6.41 Å². The number of aryl methyl sites for hydroxylation is 1. The lowest BCUT2D eigenvalue weighted by Gasteiger charge is -2.18. The Morgan fingerprint density at radius 1 is 1.12 bits per heavy atom. The summed E-state index contributed by atoms with van der Waals surface area (Å²) >= 11 is 0. The average molecular weight is 564 g/mol. The molecule has 0 aliphatic rings. The van der Waals surface area contributed by atoms with Crippen molar-refractivity contribution in [3.8, 4) is 11.5 Å². The van der Waals surface area contributed by atoms with E-state index in [-0.39, 0.29) is 23.3 Å². The summed E-state index contributed by atoms with van der Waals surface area (Å²) in [6.45, 7) is 8.62. The molecule has 212 valence electrons. The van der Waals surface area contributed by atoms with E-state index < -0.39 is 16.9 Å². The molecular formula is C29H37N7O3S. The van der Waals surface area contributed by atoms with Crippen LogP contribution in [0.2, 0.25) is 0 Å². The molecule has 1 atom stereocenters. The van der Waals surface area contributed by atoms with E-state index in [1.54, 1.807) is 40.9 Å². The van der Waals surface area contributed by atoms with Gasteiger partial charge in [0.25, 0.3) is 5.91 Å². The molecule has 0 spiro atoms. The molecular weight excluding hydrogens is 526 g/mol. The number of hydrogen-bond donors (Lipinski definition) is 1. The molecule has 4 rings (SSSR count). The number of nitrogens with zero attached hydrogens (tertiary/aromatic N) is 6. The minimum atomic E-state index is -1.51. The second-order valence-corrected chi connectivity index (χ2v) is 12.0. The number of rotatable bonds is 11. The molecule has 0 saturated heterocycles. The number of aromatic nitrogens is 4. The Balaban J connectivity index is 1.98. The highest BCUT2D eigenvalue weighted by Gasteiger charge is 2.31. The first-order chi connectivity index (χ1) is 19.1. The van der Waals surface area contributed by atoms with Gasteiger partial charge in [0.05, 0.1) is 6.54 Å². The Morgan fingerprint density at radius 2 is 1.82 bits per heavy atom. The third-order valence-corrected chi connectivity index (χ3v) is 8.28. The fraction of sp³-hybridized carbons (Fsp3) is 0.379. The summed E-state index contributed by atoms with van der Waals surface area (Å²) in [6.07, 6.45) is 2.41. The van der Waals surface area contributed by atoms with Gasteiger partial charge in [0, 0.05) is 39.9 Å². The standard InChI is InChI=1S/C29H37N7O3S/c1-19(2)15-35(18-37)27-25(29(38)30-5)26(28-31-24(17-33(28)6)40(39)34(7)20(3)4)36(32-27)16-22-13-10-12-21-11-8-9-14-23(21)22/h8-14,17-20H,15-16H2,1-7H3,(H,30,38). The van der Waals surface area contributed by atoms with Crippen LogP contribution in [0.3, 0.4) is 0 Å². The number of nitrogens with one attached hydrogen (secondary N) is 1. The number of amides is 2. The summed E-state index contributed by atoms with van der Waals surface area (Å²) in [4.78, 5) is 31.9. The summed E-state index contributed by atoms with van der Waals surface area (Å²) in [7, 11) is 3.61. The minimum absolute atomic E-state index is 0.0356. The number of imidazole rings is 1. The third kappa shape index (κ3) is 5.71. The van der Waals surface area contributed by atoms with Crippen LogP contribution >= 0.6 is 0 Å². The lowest BCUT2D eigenvalue weighted by Crippen LogP contribution is -2.29. The smallest absolute Gasteiger partial charge is 0.257 e. The Bertz CT molecular complexity index is 1550. The van der Waals surface area contributed by atoms with Gasteiger partial charge in [-0.15, -0.1) is 0 Å². The van der Waals surface area contributed by atoms with Gasteiger partial charge in [0.15, 0.2) is 16.7 Å². The molecule has 0 saturated carbocycles. The number of carbonyl (C=O) groups is 2.